The van der Waals surface area contributed by atoms with E-state index in [1.54, 1.807) is 33.3 Å². The predicted molar refractivity (Wildman–Crippen MR) is 110 cm³/mol. The Balaban J connectivity index is 1.79. The lowest BCUT2D eigenvalue weighted by atomic mass is 10.1. The molecule has 0 spiro atoms. The molecule has 0 bridgehead atoms. The summed E-state index contributed by atoms with van der Waals surface area (Å²) in [6, 6.07) is 15.6. The van der Waals surface area contributed by atoms with Crippen LogP contribution in [0.5, 0.6) is 11.5 Å². The Labute approximate surface area is 166 Å². The summed E-state index contributed by atoms with van der Waals surface area (Å²) in [5, 5.41) is 6.87. The van der Waals surface area contributed by atoms with Crippen LogP contribution in [0.15, 0.2) is 53.7 Å². The van der Waals surface area contributed by atoms with E-state index in [4.69, 9.17) is 14.3 Å². The number of nitrogens with zero attached hydrogens (tertiary/aromatic N) is 1. The van der Waals surface area contributed by atoms with Gasteiger partial charge in [-0.3, -0.25) is 4.79 Å². The Morgan fingerprint density at radius 2 is 1.79 bits per heavy atom. The van der Waals surface area contributed by atoms with Crippen LogP contribution in [-0.4, -0.2) is 38.5 Å². The molecule has 6 nitrogen and oxygen atoms in total. The second-order valence-corrected chi connectivity index (χ2v) is 6.53. The van der Waals surface area contributed by atoms with Gasteiger partial charge in [-0.15, -0.1) is 0 Å². The van der Waals surface area contributed by atoms with Crippen LogP contribution < -0.4 is 14.8 Å². The number of methoxy groups -OCH3 is 2. The third-order valence-electron chi connectivity index (χ3n) is 4.30. The summed E-state index contributed by atoms with van der Waals surface area (Å²) in [6.45, 7) is 3.66. The summed E-state index contributed by atoms with van der Waals surface area (Å²) in [5.41, 5.74) is 2.04. The van der Waals surface area contributed by atoms with E-state index in [9.17, 15) is 4.79 Å². The van der Waals surface area contributed by atoms with Crippen molar-refractivity contribution in [1.82, 2.24) is 5.32 Å². The van der Waals surface area contributed by atoms with Crippen molar-refractivity contribution in [2.24, 2.45) is 5.16 Å². The zero-order valence-corrected chi connectivity index (χ0v) is 16.8. The minimum absolute atomic E-state index is 0.0496. The van der Waals surface area contributed by atoms with E-state index in [1.807, 2.05) is 31.2 Å². The van der Waals surface area contributed by atoms with E-state index >= 15 is 0 Å². The standard InChI is InChI=1S/C22H28N2O4/c1-16(10-11-18-8-6-5-7-9-18)24-22(25)17(2)28-23-15-19-12-13-20(26-3)21(14-19)27-4/h5-9,12-17H,10-11H2,1-4H3,(H,24,25)/b23-15+. The highest BCUT2D eigenvalue weighted by Gasteiger charge is 2.16. The van der Waals surface area contributed by atoms with Crippen LogP contribution in [0.3, 0.4) is 0 Å². The second kappa shape index (κ2) is 11.0. The number of benzene rings is 2. The lowest BCUT2D eigenvalue weighted by Gasteiger charge is -2.16. The van der Waals surface area contributed by atoms with E-state index in [-0.39, 0.29) is 11.9 Å². The van der Waals surface area contributed by atoms with Crippen molar-refractivity contribution in [2.75, 3.05) is 14.2 Å². The number of amides is 1. The molecule has 2 aromatic carbocycles. The maximum atomic E-state index is 12.2. The topological polar surface area (TPSA) is 69.2 Å². The van der Waals surface area contributed by atoms with E-state index in [0.717, 1.165) is 18.4 Å². The fourth-order valence-electron chi connectivity index (χ4n) is 2.62. The number of carbonyl (C=O) groups excluding carboxylic acids is 1. The first kappa shape index (κ1) is 21.3. The van der Waals surface area contributed by atoms with E-state index < -0.39 is 6.10 Å². The molecule has 0 radical (unpaired) electrons. The van der Waals surface area contributed by atoms with Crippen molar-refractivity contribution < 1.29 is 19.1 Å². The molecule has 6 heteroatoms. The molecule has 2 unspecified atom stereocenters. The van der Waals surface area contributed by atoms with Gasteiger partial charge < -0.3 is 19.6 Å². The monoisotopic (exact) mass is 384 g/mol. The fraction of sp³-hybridized carbons (Fsp3) is 0.364. The molecule has 1 N–H and O–H groups in total. The average Bonchev–Trinajstić information content (AvgIpc) is 2.72. The third-order valence-corrected chi connectivity index (χ3v) is 4.30. The molecule has 0 aromatic heterocycles. The van der Waals surface area contributed by atoms with Crippen LogP contribution in [0.25, 0.3) is 0 Å². The quantitative estimate of drug-likeness (QED) is 0.502. The Morgan fingerprint density at radius 3 is 2.46 bits per heavy atom. The van der Waals surface area contributed by atoms with Crippen molar-refractivity contribution in [3.8, 4) is 11.5 Å². The lowest BCUT2D eigenvalue weighted by molar-refractivity contribution is -0.132. The minimum Gasteiger partial charge on any atom is -0.493 e. The first-order valence-electron chi connectivity index (χ1n) is 9.29. The van der Waals surface area contributed by atoms with Gasteiger partial charge >= 0.3 is 0 Å². The molecule has 0 fully saturated rings. The molecule has 0 saturated carbocycles. The number of hydrogen-bond donors (Lipinski definition) is 1. The first-order chi connectivity index (χ1) is 13.5. The van der Waals surface area contributed by atoms with Gasteiger partial charge in [0.05, 0.1) is 20.4 Å². The summed E-state index contributed by atoms with van der Waals surface area (Å²) >= 11 is 0. The van der Waals surface area contributed by atoms with Gasteiger partial charge in [-0.25, -0.2) is 0 Å². The molecule has 1 amide bonds. The highest BCUT2D eigenvalue weighted by Crippen LogP contribution is 2.26. The zero-order chi connectivity index (χ0) is 20.4. The molecule has 150 valence electrons. The SMILES string of the molecule is COc1ccc(/C=N/OC(C)C(=O)NC(C)CCc2ccccc2)cc1OC. The normalized spacial score (nSPS) is 13.0. The maximum Gasteiger partial charge on any atom is 0.263 e. The molecule has 2 aromatic rings. The molecule has 28 heavy (non-hydrogen) atoms. The van der Waals surface area contributed by atoms with Gasteiger partial charge in [-0.05, 0) is 50.5 Å². The van der Waals surface area contributed by atoms with Gasteiger partial charge in [0.2, 0.25) is 6.10 Å². The Morgan fingerprint density at radius 1 is 1.07 bits per heavy atom. The first-order valence-corrected chi connectivity index (χ1v) is 9.29. The Bertz CT molecular complexity index is 777. The van der Waals surface area contributed by atoms with Gasteiger partial charge in [-0.2, -0.15) is 0 Å². The molecule has 0 aliphatic rings. The summed E-state index contributed by atoms with van der Waals surface area (Å²) in [5.74, 6) is 1.05. The molecule has 2 atom stereocenters. The predicted octanol–water partition coefficient (Wildman–Crippen LogP) is 3.58. The molecular weight excluding hydrogens is 356 g/mol. The number of hydrogen-bond acceptors (Lipinski definition) is 5. The number of nitrogens with one attached hydrogen (secondary N) is 1. The highest BCUT2D eigenvalue weighted by atomic mass is 16.6. The zero-order valence-electron chi connectivity index (χ0n) is 16.8. The van der Waals surface area contributed by atoms with Crippen molar-refractivity contribution in [3.05, 3.63) is 59.7 Å². The molecule has 0 heterocycles. The summed E-state index contributed by atoms with van der Waals surface area (Å²) in [4.78, 5) is 17.5. The van der Waals surface area contributed by atoms with Gasteiger partial charge in [0.1, 0.15) is 0 Å². The Hall–Kier alpha value is -3.02. The van der Waals surface area contributed by atoms with Crippen LogP contribution >= 0.6 is 0 Å². The van der Waals surface area contributed by atoms with Crippen molar-refractivity contribution in [2.45, 2.75) is 38.8 Å². The average molecular weight is 384 g/mol. The summed E-state index contributed by atoms with van der Waals surface area (Å²) in [7, 11) is 3.15. The lowest BCUT2D eigenvalue weighted by Crippen LogP contribution is -2.39. The van der Waals surface area contributed by atoms with Crippen LogP contribution in [0.1, 0.15) is 31.4 Å². The molecular formula is C22H28N2O4. The van der Waals surface area contributed by atoms with Crippen LogP contribution in [-0.2, 0) is 16.1 Å². The summed E-state index contributed by atoms with van der Waals surface area (Å²) < 4.78 is 10.4. The number of carbonyl (C=O) groups is 1. The van der Waals surface area contributed by atoms with Crippen LogP contribution in [0.2, 0.25) is 0 Å². The van der Waals surface area contributed by atoms with Crippen molar-refractivity contribution in [3.63, 3.8) is 0 Å². The summed E-state index contributed by atoms with van der Waals surface area (Å²) in [6.07, 6.45) is 2.62. The van der Waals surface area contributed by atoms with Gasteiger partial charge in [0.25, 0.3) is 5.91 Å². The number of ether oxygens (including phenoxy) is 2. The van der Waals surface area contributed by atoms with Crippen LogP contribution in [0.4, 0.5) is 0 Å². The second-order valence-electron chi connectivity index (χ2n) is 6.53. The van der Waals surface area contributed by atoms with Crippen molar-refractivity contribution in [1.29, 1.82) is 0 Å². The number of rotatable bonds is 10. The van der Waals surface area contributed by atoms with E-state index in [2.05, 4.69) is 22.6 Å². The largest absolute Gasteiger partial charge is 0.493 e. The Kier molecular flexibility index (Phi) is 8.34. The van der Waals surface area contributed by atoms with Crippen molar-refractivity contribution >= 4 is 12.1 Å². The van der Waals surface area contributed by atoms with Gasteiger partial charge in [0.15, 0.2) is 11.5 Å². The fourth-order valence-corrected chi connectivity index (χ4v) is 2.62. The molecule has 0 saturated heterocycles. The van der Waals surface area contributed by atoms with Crippen LogP contribution in [0, 0.1) is 0 Å². The molecule has 0 aliphatic heterocycles. The smallest absolute Gasteiger partial charge is 0.263 e. The third kappa shape index (κ3) is 6.61. The highest BCUT2D eigenvalue weighted by molar-refractivity contribution is 5.82. The van der Waals surface area contributed by atoms with Gasteiger partial charge in [0, 0.05) is 11.6 Å². The molecule has 0 aliphatic carbocycles. The van der Waals surface area contributed by atoms with Gasteiger partial charge in [-0.1, -0.05) is 35.5 Å². The van der Waals surface area contributed by atoms with E-state index in [0.29, 0.717) is 11.5 Å². The number of aryl methyl sites for hydroxylation is 1. The maximum absolute atomic E-state index is 12.2. The minimum atomic E-state index is -0.685. The van der Waals surface area contributed by atoms with E-state index in [1.165, 1.54) is 11.8 Å². The molecule has 2 rings (SSSR count). The number of oxime groups is 1.